The van der Waals surface area contributed by atoms with E-state index in [1.165, 1.54) is 19.2 Å². The summed E-state index contributed by atoms with van der Waals surface area (Å²) in [6.07, 6.45) is 4.29. The topological polar surface area (TPSA) is 63.8 Å². The van der Waals surface area contributed by atoms with Crippen molar-refractivity contribution in [3.05, 3.63) is 11.9 Å². The monoisotopic (exact) mass is 234 g/mol. The van der Waals surface area contributed by atoms with Crippen molar-refractivity contribution in [3.63, 3.8) is 0 Å². The number of rotatable bonds is 5. The van der Waals surface area contributed by atoms with Crippen molar-refractivity contribution in [3.8, 4) is 0 Å². The van der Waals surface area contributed by atoms with E-state index in [2.05, 4.69) is 36.1 Å². The van der Waals surface area contributed by atoms with E-state index < -0.39 is 0 Å². The average molecular weight is 234 g/mol. The van der Waals surface area contributed by atoms with Crippen molar-refractivity contribution in [1.29, 1.82) is 0 Å². The molecule has 1 aromatic rings. The summed E-state index contributed by atoms with van der Waals surface area (Å²) >= 11 is 0. The van der Waals surface area contributed by atoms with Crippen molar-refractivity contribution < 1.29 is 0 Å². The van der Waals surface area contributed by atoms with E-state index in [0.717, 1.165) is 23.8 Å². The van der Waals surface area contributed by atoms with Gasteiger partial charge in [-0.15, -0.1) is 0 Å². The summed E-state index contributed by atoms with van der Waals surface area (Å²) in [5, 5.41) is 3.43. The first kappa shape index (κ1) is 12.1. The molecule has 0 aromatic carbocycles. The van der Waals surface area contributed by atoms with Crippen LogP contribution in [0.25, 0.3) is 0 Å². The van der Waals surface area contributed by atoms with Gasteiger partial charge in [0.25, 0.3) is 0 Å². The van der Waals surface area contributed by atoms with Crippen LogP contribution in [0.4, 0.5) is 11.6 Å². The number of hydrogen-bond donors (Lipinski definition) is 2. The van der Waals surface area contributed by atoms with Crippen LogP contribution in [0.3, 0.4) is 0 Å². The molecule has 0 bridgehead atoms. The summed E-state index contributed by atoms with van der Waals surface area (Å²) < 4.78 is 0. The number of nitrogen functional groups attached to an aromatic ring is 1. The molecule has 1 aromatic heterocycles. The number of nitrogens with zero attached hydrogens (tertiary/aromatic N) is 2. The molecule has 3 N–H and O–H groups in total. The first-order valence-corrected chi connectivity index (χ1v) is 6.43. The lowest BCUT2D eigenvalue weighted by atomic mass is 10.0. The molecule has 17 heavy (non-hydrogen) atoms. The predicted octanol–water partition coefficient (Wildman–Crippen LogP) is 2.64. The summed E-state index contributed by atoms with van der Waals surface area (Å²) in [5.74, 6) is 3.46. The highest BCUT2D eigenvalue weighted by molar-refractivity contribution is 5.56. The maximum atomic E-state index is 5.91. The molecule has 0 amide bonds. The second-order valence-electron chi connectivity index (χ2n) is 5.37. The molecule has 4 nitrogen and oxygen atoms in total. The molecule has 1 aliphatic carbocycles. The van der Waals surface area contributed by atoms with Crippen LogP contribution in [0.1, 0.15) is 45.1 Å². The lowest BCUT2D eigenvalue weighted by Gasteiger charge is -2.17. The largest absolute Gasteiger partial charge is 0.383 e. The lowest BCUT2D eigenvalue weighted by Crippen LogP contribution is -2.16. The maximum Gasteiger partial charge on any atom is 0.134 e. The van der Waals surface area contributed by atoms with Crippen LogP contribution in [0.15, 0.2) is 6.33 Å². The van der Waals surface area contributed by atoms with E-state index in [1.807, 2.05) is 0 Å². The first-order valence-electron chi connectivity index (χ1n) is 6.43. The summed E-state index contributed by atoms with van der Waals surface area (Å²) in [5.41, 5.74) is 6.95. The van der Waals surface area contributed by atoms with Crippen LogP contribution < -0.4 is 11.1 Å². The second kappa shape index (κ2) is 4.90. The molecular formula is C13H22N4. The molecule has 0 radical (unpaired) electrons. The zero-order valence-corrected chi connectivity index (χ0v) is 10.9. The van der Waals surface area contributed by atoms with Crippen molar-refractivity contribution in [1.82, 2.24) is 9.97 Å². The van der Waals surface area contributed by atoms with Gasteiger partial charge in [0.1, 0.15) is 18.0 Å². The Morgan fingerprint density at radius 3 is 2.65 bits per heavy atom. The highest BCUT2D eigenvalue weighted by Crippen LogP contribution is 2.36. The van der Waals surface area contributed by atoms with Crippen molar-refractivity contribution in [2.24, 2.45) is 11.8 Å². The Morgan fingerprint density at radius 1 is 1.35 bits per heavy atom. The van der Waals surface area contributed by atoms with Crippen molar-refractivity contribution in [2.75, 3.05) is 17.6 Å². The van der Waals surface area contributed by atoms with Crippen LogP contribution >= 0.6 is 0 Å². The Balaban J connectivity index is 2.06. The van der Waals surface area contributed by atoms with Crippen LogP contribution in [-0.4, -0.2) is 16.5 Å². The molecule has 0 saturated heterocycles. The Morgan fingerprint density at radius 2 is 2.06 bits per heavy atom. The summed E-state index contributed by atoms with van der Waals surface area (Å²) in [6, 6.07) is 0. The fourth-order valence-corrected chi connectivity index (χ4v) is 2.21. The molecular weight excluding hydrogens is 212 g/mol. The third kappa shape index (κ3) is 2.87. The molecule has 1 aliphatic rings. The molecule has 1 unspecified atom stereocenters. The van der Waals surface area contributed by atoms with Crippen LogP contribution in [0.5, 0.6) is 0 Å². The van der Waals surface area contributed by atoms with Crippen molar-refractivity contribution in [2.45, 2.75) is 39.5 Å². The quantitative estimate of drug-likeness (QED) is 0.822. The van der Waals surface area contributed by atoms with Crippen LogP contribution in [-0.2, 0) is 0 Å². The smallest absolute Gasteiger partial charge is 0.134 e. The molecule has 1 fully saturated rings. The van der Waals surface area contributed by atoms with Gasteiger partial charge in [0, 0.05) is 12.1 Å². The minimum absolute atomic E-state index is 0.343. The fourth-order valence-electron chi connectivity index (χ4n) is 2.21. The van der Waals surface area contributed by atoms with Gasteiger partial charge < -0.3 is 11.1 Å². The summed E-state index contributed by atoms with van der Waals surface area (Å²) in [4.78, 5) is 8.37. The number of hydrogen-bond acceptors (Lipinski definition) is 4. The average Bonchev–Trinajstić information content (AvgIpc) is 3.08. The van der Waals surface area contributed by atoms with Crippen LogP contribution in [0.2, 0.25) is 0 Å². The van der Waals surface area contributed by atoms with Gasteiger partial charge in [-0.25, -0.2) is 9.97 Å². The third-order valence-corrected chi connectivity index (χ3v) is 3.51. The standard InChI is InChI=1S/C13H22N4/c1-8(2)11-12(14)16-7-17-13(11)15-6-9(3)10-4-5-10/h7-10H,4-6H2,1-3H3,(H3,14,15,16,17). The summed E-state index contributed by atoms with van der Waals surface area (Å²) in [7, 11) is 0. The SMILES string of the molecule is CC(C)c1c(N)ncnc1NCC(C)C1CC1. The van der Waals surface area contributed by atoms with E-state index in [-0.39, 0.29) is 0 Å². The first-order chi connectivity index (χ1) is 8.09. The van der Waals surface area contributed by atoms with Gasteiger partial charge in [-0.05, 0) is 30.6 Å². The highest BCUT2D eigenvalue weighted by Gasteiger charge is 2.27. The number of nitrogens with one attached hydrogen (secondary N) is 1. The predicted molar refractivity (Wildman–Crippen MR) is 70.9 cm³/mol. The Kier molecular flexibility index (Phi) is 3.50. The van der Waals surface area contributed by atoms with Gasteiger partial charge in [-0.2, -0.15) is 0 Å². The Labute approximate surface area is 103 Å². The highest BCUT2D eigenvalue weighted by atomic mass is 15.0. The van der Waals surface area contributed by atoms with E-state index in [4.69, 9.17) is 5.73 Å². The van der Waals surface area contributed by atoms with Gasteiger partial charge in [-0.3, -0.25) is 0 Å². The number of nitrogens with two attached hydrogens (primary N) is 1. The number of anilines is 2. The second-order valence-corrected chi connectivity index (χ2v) is 5.37. The molecule has 4 heteroatoms. The van der Waals surface area contributed by atoms with Gasteiger partial charge >= 0.3 is 0 Å². The van der Waals surface area contributed by atoms with Crippen LogP contribution in [0, 0.1) is 11.8 Å². The zero-order chi connectivity index (χ0) is 12.4. The van der Waals surface area contributed by atoms with Gasteiger partial charge in [0.2, 0.25) is 0 Å². The normalized spacial score (nSPS) is 17.2. The lowest BCUT2D eigenvalue weighted by molar-refractivity contribution is 0.535. The van der Waals surface area contributed by atoms with E-state index >= 15 is 0 Å². The van der Waals surface area contributed by atoms with Gasteiger partial charge in [-0.1, -0.05) is 20.8 Å². The molecule has 0 aliphatic heterocycles. The van der Waals surface area contributed by atoms with E-state index in [0.29, 0.717) is 17.7 Å². The van der Waals surface area contributed by atoms with E-state index in [9.17, 15) is 0 Å². The maximum absolute atomic E-state index is 5.91. The Hall–Kier alpha value is -1.32. The molecule has 2 rings (SSSR count). The van der Waals surface area contributed by atoms with E-state index in [1.54, 1.807) is 0 Å². The fraction of sp³-hybridized carbons (Fsp3) is 0.692. The number of aromatic nitrogens is 2. The Bertz CT molecular complexity index is 385. The molecule has 1 atom stereocenters. The molecule has 94 valence electrons. The molecule has 0 spiro atoms. The minimum Gasteiger partial charge on any atom is -0.383 e. The molecule has 1 saturated carbocycles. The van der Waals surface area contributed by atoms with Gasteiger partial charge in [0.05, 0.1) is 0 Å². The zero-order valence-electron chi connectivity index (χ0n) is 10.9. The van der Waals surface area contributed by atoms with Gasteiger partial charge in [0.15, 0.2) is 0 Å². The molecule has 1 heterocycles. The minimum atomic E-state index is 0.343. The third-order valence-electron chi connectivity index (χ3n) is 3.51. The van der Waals surface area contributed by atoms with Crippen molar-refractivity contribution >= 4 is 11.6 Å². The summed E-state index contributed by atoms with van der Waals surface area (Å²) in [6.45, 7) is 7.50.